The molecule has 0 bridgehead atoms. The maximum atomic E-state index is 2.39. The van der Waals surface area contributed by atoms with E-state index < -0.39 is 0 Å². The Hall–Kier alpha value is -1.04. The molecule has 2 aliphatic rings. The average molecular weight is 270 g/mol. The average Bonchev–Trinajstić information content (AvgIpc) is 2.50. The lowest BCUT2D eigenvalue weighted by Gasteiger charge is -2.13. The molecule has 0 atom stereocenters. The van der Waals surface area contributed by atoms with Gasteiger partial charge in [-0.15, -0.1) is 0 Å². The summed E-state index contributed by atoms with van der Waals surface area (Å²) < 4.78 is 0. The molecule has 0 saturated heterocycles. The lowest BCUT2D eigenvalue weighted by Crippen LogP contribution is -1.94. The van der Waals surface area contributed by atoms with Gasteiger partial charge in [-0.3, -0.25) is 0 Å². The van der Waals surface area contributed by atoms with Crippen LogP contribution in [-0.4, -0.2) is 0 Å². The van der Waals surface area contributed by atoms with E-state index >= 15 is 0 Å². The summed E-state index contributed by atoms with van der Waals surface area (Å²) in [6.07, 6.45) is 30.2. The number of allylic oxidation sites excluding steroid dienone is 8. The van der Waals surface area contributed by atoms with Gasteiger partial charge in [0.1, 0.15) is 0 Å². The first-order chi connectivity index (χ1) is 9.97. The van der Waals surface area contributed by atoms with Crippen LogP contribution in [-0.2, 0) is 0 Å². The summed E-state index contributed by atoms with van der Waals surface area (Å²) in [5.74, 6) is 0. The van der Waals surface area contributed by atoms with E-state index in [0.29, 0.717) is 0 Å². The van der Waals surface area contributed by atoms with E-state index in [4.69, 9.17) is 0 Å². The van der Waals surface area contributed by atoms with E-state index in [-0.39, 0.29) is 0 Å². The van der Waals surface area contributed by atoms with Gasteiger partial charge in [-0.25, -0.2) is 0 Å². The third-order valence-corrected chi connectivity index (χ3v) is 4.41. The van der Waals surface area contributed by atoms with Gasteiger partial charge in [0.15, 0.2) is 0 Å². The Kier molecular flexibility index (Phi) is 7.52. The predicted molar refractivity (Wildman–Crippen MR) is 89.9 cm³/mol. The van der Waals surface area contributed by atoms with Crippen LogP contribution in [0.5, 0.6) is 0 Å². The molecule has 0 aromatic carbocycles. The third kappa shape index (κ3) is 5.94. The zero-order valence-corrected chi connectivity index (χ0v) is 12.9. The summed E-state index contributed by atoms with van der Waals surface area (Å²) in [5, 5.41) is 0. The van der Waals surface area contributed by atoms with E-state index in [1.807, 2.05) is 0 Å². The summed E-state index contributed by atoms with van der Waals surface area (Å²) in [6, 6.07) is 0. The van der Waals surface area contributed by atoms with Crippen molar-refractivity contribution < 1.29 is 0 Å². The van der Waals surface area contributed by atoms with Gasteiger partial charge in [0, 0.05) is 0 Å². The first-order valence-corrected chi connectivity index (χ1v) is 8.68. The zero-order valence-electron chi connectivity index (χ0n) is 12.9. The Balaban J connectivity index is 2.09. The number of rotatable bonds is 1. The fourth-order valence-electron chi connectivity index (χ4n) is 3.13. The van der Waals surface area contributed by atoms with Crippen LogP contribution in [0.25, 0.3) is 0 Å². The fourth-order valence-corrected chi connectivity index (χ4v) is 3.13. The molecule has 0 amide bonds. The second kappa shape index (κ2) is 9.80. The summed E-state index contributed by atoms with van der Waals surface area (Å²) in [5.41, 5.74) is 3.18. The van der Waals surface area contributed by atoms with Crippen LogP contribution in [0.2, 0.25) is 0 Å². The number of hydrogen-bond acceptors (Lipinski definition) is 0. The molecular weight excluding hydrogens is 240 g/mol. The first kappa shape index (κ1) is 15.4. The van der Waals surface area contributed by atoms with Crippen molar-refractivity contribution >= 4 is 0 Å². The molecule has 0 fully saturated rings. The van der Waals surface area contributed by atoms with Crippen molar-refractivity contribution in [3.05, 3.63) is 47.6 Å². The van der Waals surface area contributed by atoms with Crippen molar-refractivity contribution in [2.45, 2.75) is 77.0 Å². The standard InChI is InChI=1S/C20H30/c1-3-7-11-15-19(16-12-8-4-1)20-17-13-9-5-2-6-10-14-18-20/h7,9,11,13,15,17H,1-6,8,10,12,14,16,18H2/b11-7+,13-9+,19-15-,20-17+. The lowest BCUT2D eigenvalue weighted by atomic mass is 9.92. The van der Waals surface area contributed by atoms with Crippen LogP contribution in [0, 0.1) is 0 Å². The van der Waals surface area contributed by atoms with Crippen LogP contribution in [0.15, 0.2) is 47.6 Å². The highest BCUT2D eigenvalue weighted by Gasteiger charge is 2.06. The molecule has 0 aromatic heterocycles. The van der Waals surface area contributed by atoms with Crippen molar-refractivity contribution in [3.8, 4) is 0 Å². The van der Waals surface area contributed by atoms with Gasteiger partial charge < -0.3 is 0 Å². The van der Waals surface area contributed by atoms with Gasteiger partial charge in [-0.1, -0.05) is 62.1 Å². The second-order valence-corrected chi connectivity index (χ2v) is 6.15. The highest BCUT2D eigenvalue weighted by molar-refractivity contribution is 5.36. The van der Waals surface area contributed by atoms with Crippen molar-refractivity contribution in [3.63, 3.8) is 0 Å². The van der Waals surface area contributed by atoms with Crippen LogP contribution in [0.1, 0.15) is 77.0 Å². The van der Waals surface area contributed by atoms with Crippen molar-refractivity contribution in [1.29, 1.82) is 0 Å². The normalized spacial score (nSPS) is 31.2. The van der Waals surface area contributed by atoms with E-state index in [2.05, 4.69) is 36.5 Å². The predicted octanol–water partition coefficient (Wildman–Crippen LogP) is 6.66. The molecule has 0 heterocycles. The van der Waals surface area contributed by atoms with Gasteiger partial charge >= 0.3 is 0 Å². The number of hydrogen-bond donors (Lipinski definition) is 0. The smallest absolute Gasteiger partial charge is 0.0276 e. The summed E-state index contributed by atoms with van der Waals surface area (Å²) in [7, 11) is 0. The van der Waals surface area contributed by atoms with Gasteiger partial charge in [-0.05, 0) is 62.5 Å². The molecule has 0 aliphatic heterocycles. The lowest BCUT2D eigenvalue weighted by molar-refractivity contribution is 0.628. The van der Waals surface area contributed by atoms with Gasteiger partial charge in [-0.2, -0.15) is 0 Å². The minimum atomic E-state index is 1.25. The van der Waals surface area contributed by atoms with Crippen LogP contribution < -0.4 is 0 Å². The highest BCUT2D eigenvalue weighted by atomic mass is 14.1. The van der Waals surface area contributed by atoms with E-state index in [1.165, 1.54) is 77.0 Å². The van der Waals surface area contributed by atoms with Crippen molar-refractivity contribution in [2.75, 3.05) is 0 Å². The van der Waals surface area contributed by atoms with Gasteiger partial charge in [0.05, 0.1) is 0 Å². The molecule has 0 heteroatoms. The summed E-state index contributed by atoms with van der Waals surface area (Å²) >= 11 is 0. The molecule has 0 spiro atoms. The Bertz CT molecular complexity index is 341. The van der Waals surface area contributed by atoms with Gasteiger partial charge in [0.25, 0.3) is 0 Å². The Morgan fingerprint density at radius 3 is 1.45 bits per heavy atom. The molecule has 2 rings (SSSR count). The monoisotopic (exact) mass is 270 g/mol. The minimum Gasteiger partial charge on any atom is -0.0845 e. The van der Waals surface area contributed by atoms with Crippen LogP contribution in [0.3, 0.4) is 0 Å². The van der Waals surface area contributed by atoms with E-state index in [9.17, 15) is 0 Å². The quantitative estimate of drug-likeness (QED) is 0.499. The molecule has 0 N–H and O–H groups in total. The molecule has 20 heavy (non-hydrogen) atoms. The van der Waals surface area contributed by atoms with Crippen LogP contribution >= 0.6 is 0 Å². The molecule has 0 aromatic rings. The highest BCUT2D eigenvalue weighted by Crippen LogP contribution is 2.25. The van der Waals surface area contributed by atoms with E-state index in [0.717, 1.165) is 0 Å². The third-order valence-electron chi connectivity index (χ3n) is 4.41. The largest absolute Gasteiger partial charge is 0.0845 e. The molecule has 2 aliphatic carbocycles. The Labute approximate surface area is 125 Å². The van der Waals surface area contributed by atoms with Crippen LogP contribution in [0.4, 0.5) is 0 Å². The summed E-state index contributed by atoms with van der Waals surface area (Å²) in [6.45, 7) is 0. The molecule has 0 unspecified atom stereocenters. The molecule has 0 saturated carbocycles. The maximum Gasteiger partial charge on any atom is -0.0276 e. The molecular formula is C20H30. The Morgan fingerprint density at radius 1 is 0.500 bits per heavy atom. The van der Waals surface area contributed by atoms with Gasteiger partial charge in [0.2, 0.25) is 0 Å². The topological polar surface area (TPSA) is 0 Å². The van der Waals surface area contributed by atoms with E-state index in [1.54, 1.807) is 11.1 Å². The summed E-state index contributed by atoms with van der Waals surface area (Å²) in [4.78, 5) is 0. The zero-order chi connectivity index (χ0) is 13.9. The SMILES string of the molecule is C1=C(\C2=C\C=C\CCCCCC2)CCCCCC/C=C/1. The van der Waals surface area contributed by atoms with Crippen molar-refractivity contribution in [1.82, 2.24) is 0 Å². The maximum absolute atomic E-state index is 2.39. The molecule has 110 valence electrons. The van der Waals surface area contributed by atoms with Crippen molar-refractivity contribution in [2.24, 2.45) is 0 Å². The fraction of sp³-hybridized carbons (Fsp3) is 0.600. The molecule has 0 nitrogen and oxygen atoms in total. The molecule has 0 radical (unpaired) electrons. The second-order valence-electron chi connectivity index (χ2n) is 6.15. The Morgan fingerprint density at radius 2 is 0.950 bits per heavy atom. The first-order valence-electron chi connectivity index (χ1n) is 8.68. The minimum absolute atomic E-state index is 1.25.